The summed E-state index contributed by atoms with van der Waals surface area (Å²) in [5.74, 6) is 1.25. The maximum atomic E-state index is 3.64. The van der Waals surface area contributed by atoms with Crippen molar-refractivity contribution in [1.29, 1.82) is 0 Å². The number of unbranched alkanes of at least 4 members (excludes halogenated alkanes) is 3. The van der Waals surface area contributed by atoms with Crippen LogP contribution in [0.2, 0.25) is 0 Å². The predicted molar refractivity (Wildman–Crippen MR) is 46.8 cm³/mol. The fourth-order valence-corrected chi connectivity index (χ4v) is 1.23. The summed E-state index contributed by atoms with van der Waals surface area (Å²) >= 11 is 1.82. The zero-order chi connectivity index (χ0) is 6.95. The Labute approximate surface area is 62.7 Å². The molecule has 0 rings (SSSR count). The van der Waals surface area contributed by atoms with Crippen molar-refractivity contribution in [3.8, 4) is 0 Å². The molecule has 9 heavy (non-hydrogen) atoms. The Morgan fingerprint density at radius 2 is 2.11 bits per heavy atom. The van der Waals surface area contributed by atoms with Crippen LogP contribution in [-0.2, 0) is 0 Å². The quantitative estimate of drug-likeness (QED) is 0.514. The van der Waals surface area contributed by atoms with Crippen LogP contribution >= 0.6 is 11.8 Å². The highest BCUT2D eigenvalue weighted by atomic mass is 32.2. The smallest absolute Gasteiger partial charge is 0.00262 e. The van der Waals surface area contributed by atoms with E-state index in [1.165, 1.54) is 31.4 Å². The van der Waals surface area contributed by atoms with Gasteiger partial charge in [-0.25, -0.2) is 0 Å². The summed E-state index contributed by atoms with van der Waals surface area (Å²) in [6.45, 7) is 5.88. The molecule has 0 nitrogen and oxygen atoms in total. The first-order chi connectivity index (χ1) is 4.41. The summed E-state index contributed by atoms with van der Waals surface area (Å²) in [6, 6.07) is 0. The summed E-state index contributed by atoms with van der Waals surface area (Å²) in [5, 5.41) is 1.92. The van der Waals surface area contributed by atoms with E-state index < -0.39 is 0 Å². The van der Waals surface area contributed by atoms with Gasteiger partial charge >= 0.3 is 0 Å². The van der Waals surface area contributed by atoms with Crippen molar-refractivity contribution >= 4 is 11.8 Å². The van der Waals surface area contributed by atoms with Gasteiger partial charge in [0.1, 0.15) is 0 Å². The van der Waals surface area contributed by atoms with Crippen LogP contribution in [0.5, 0.6) is 0 Å². The fraction of sp³-hybridized carbons (Fsp3) is 0.750. The van der Waals surface area contributed by atoms with E-state index in [1.54, 1.807) is 0 Å². The van der Waals surface area contributed by atoms with Crippen LogP contribution in [0.3, 0.4) is 0 Å². The highest BCUT2D eigenvalue weighted by molar-refractivity contribution is 8.02. The molecule has 0 aliphatic rings. The van der Waals surface area contributed by atoms with Crippen LogP contribution in [-0.4, -0.2) is 5.75 Å². The second kappa shape index (κ2) is 8.09. The van der Waals surface area contributed by atoms with Gasteiger partial charge in [0.15, 0.2) is 0 Å². The molecule has 0 aliphatic carbocycles. The lowest BCUT2D eigenvalue weighted by Crippen LogP contribution is -1.77. The number of hydrogen-bond donors (Lipinski definition) is 0. The fourth-order valence-electron chi connectivity index (χ4n) is 0.696. The van der Waals surface area contributed by atoms with Gasteiger partial charge in [0.05, 0.1) is 0 Å². The zero-order valence-corrected chi connectivity index (χ0v) is 7.04. The van der Waals surface area contributed by atoms with Crippen LogP contribution < -0.4 is 0 Å². The van der Waals surface area contributed by atoms with Gasteiger partial charge in [-0.15, -0.1) is 11.8 Å². The molecule has 0 radical (unpaired) electrons. The highest BCUT2D eigenvalue weighted by Gasteiger charge is 1.84. The van der Waals surface area contributed by atoms with Gasteiger partial charge in [0, 0.05) is 0 Å². The minimum Gasteiger partial charge on any atom is -0.135 e. The third-order valence-corrected chi connectivity index (χ3v) is 1.99. The van der Waals surface area contributed by atoms with E-state index in [9.17, 15) is 0 Å². The molecule has 0 aromatic rings. The average Bonchev–Trinajstić information content (AvgIpc) is 1.89. The molecule has 0 aromatic heterocycles. The molecule has 0 N–H and O–H groups in total. The number of hydrogen-bond acceptors (Lipinski definition) is 1. The Hall–Kier alpha value is 0.0900. The van der Waals surface area contributed by atoms with Gasteiger partial charge in [0.25, 0.3) is 0 Å². The molecule has 0 aromatic carbocycles. The van der Waals surface area contributed by atoms with Gasteiger partial charge in [-0.1, -0.05) is 32.8 Å². The lowest BCUT2D eigenvalue weighted by atomic mass is 10.2. The maximum absolute atomic E-state index is 3.64. The van der Waals surface area contributed by atoms with E-state index in [0.717, 1.165) is 0 Å². The predicted octanol–water partition coefficient (Wildman–Crippen LogP) is 3.44. The molecule has 0 aliphatic heterocycles. The first kappa shape index (κ1) is 9.09. The highest BCUT2D eigenvalue weighted by Crippen LogP contribution is 2.06. The standard InChI is InChI=1S/C8H16S/c1-3-5-6-7-8-9-4-2/h4H,2-3,5-8H2,1H3. The van der Waals surface area contributed by atoms with Crippen molar-refractivity contribution < 1.29 is 0 Å². The van der Waals surface area contributed by atoms with Crippen LogP contribution in [0, 0.1) is 0 Å². The van der Waals surface area contributed by atoms with E-state index in [4.69, 9.17) is 0 Å². The zero-order valence-electron chi connectivity index (χ0n) is 6.23. The van der Waals surface area contributed by atoms with Crippen LogP contribution in [0.4, 0.5) is 0 Å². The first-order valence-corrected chi connectivity index (χ1v) is 4.69. The molecule has 0 bridgehead atoms. The van der Waals surface area contributed by atoms with Gasteiger partial charge in [-0.3, -0.25) is 0 Å². The molecule has 0 saturated heterocycles. The van der Waals surface area contributed by atoms with E-state index in [1.807, 2.05) is 17.2 Å². The van der Waals surface area contributed by atoms with Gasteiger partial charge < -0.3 is 0 Å². The molecule has 0 fully saturated rings. The molecule has 54 valence electrons. The third kappa shape index (κ3) is 8.09. The van der Waals surface area contributed by atoms with Crippen LogP contribution in [0.25, 0.3) is 0 Å². The van der Waals surface area contributed by atoms with Crippen molar-refractivity contribution in [2.45, 2.75) is 32.6 Å². The van der Waals surface area contributed by atoms with E-state index in [0.29, 0.717) is 0 Å². The molecule has 0 spiro atoms. The summed E-state index contributed by atoms with van der Waals surface area (Å²) in [4.78, 5) is 0. The molecule has 0 amide bonds. The van der Waals surface area contributed by atoms with Crippen molar-refractivity contribution in [2.24, 2.45) is 0 Å². The molecular weight excluding hydrogens is 128 g/mol. The Kier molecular flexibility index (Phi) is 8.17. The van der Waals surface area contributed by atoms with E-state index >= 15 is 0 Å². The monoisotopic (exact) mass is 144 g/mol. The Morgan fingerprint density at radius 3 is 2.67 bits per heavy atom. The second-order valence-electron chi connectivity index (χ2n) is 2.10. The average molecular weight is 144 g/mol. The molecule has 0 heterocycles. The summed E-state index contributed by atoms with van der Waals surface area (Å²) in [5.41, 5.74) is 0. The van der Waals surface area contributed by atoms with Gasteiger partial charge in [0.2, 0.25) is 0 Å². The SMILES string of the molecule is C=CSCCCCCC. The molecular formula is C8H16S. The van der Waals surface area contributed by atoms with E-state index in [2.05, 4.69) is 13.5 Å². The van der Waals surface area contributed by atoms with E-state index in [-0.39, 0.29) is 0 Å². The minimum atomic E-state index is 1.25. The maximum Gasteiger partial charge on any atom is -0.00262 e. The largest absolute Gasteiger partial charge is 0.135 e. The van der Waals surface area contributed by atoms with Crippen LogP contribution in [0.15, 0.2) is 12.0 Å². The molecule has 0 atom stereocenters. The lowest BCUT2D eigenvalue weighted by Gasteiger charge is -1.94. The normalized spacial score (nSPS) is 9.44. The minimum absolute atomic E-state index is 1.25. The van der Waals surface area contributed by atoms with Crippen LogP contribution in [0.1, 0.15) is 32.6 Å². The third-order valence-electron chi connectivity index (χ3n) is 1.23. The molecule has 0 unspecified atom stereocenters. The first-order valence-electron chi connectivity index (χ1n) is 3.64. The van der Waals surface area contributed by atoms with Crippen molar-refractivity contribution in [3.63, 3.8) is 0 Å². The van der Waals surface area contributed by atoms with Gasteiger partial charge in [-0.2, -0.15) is 0 Å². The molecule has 0 saturated carbocycles. The van der Waals surface area contributed by atoms with Crippen molar-refractivity contribution in [1.82, 2.24) is 0 Å². The topological polar surface area (TPSA) is 0 Å². The van der Waals surface area contributed by atoms with Gasteiger partial charge in [-0.05, 0) is 17.6 Å². The second-order valence-corrected chi connectivity index (χ2v) is 3.17. The Morgan fingerprint density at radius 1 is 1.33 bits per heavy atom. The number of thioether (sulfide) groups is 1. The summed E-state index contributed by atoms with van der Waals surface area (Å²) in [6.07, 6.45) is 5.46. The molecule has 1 heteroatoms. The number of rotatable bonds is 6. The summed E-state index contributed by atoms with van der Waals surface area (Å²) in [7, 11) is 0. The summed E-state index contributed by atoms with van der Waals surface area (Å²) < 4.78 is 0. The Bertz CT molecular complexity index is 59.6. The Balaban J connectivity index is 2.66. The van der Waals surface area contributed by atoms with Crippen molar-refractivity contribution in [2.75, 3.05) is 5.75 Å². The lowest BCUT2D eigenvalue weighted by molar-refractivity contribution is 0.707. The van der Waals surface area contributed by atoms with Crippen molar-refractivity contribution in [3.05, 3.63) is 12.0 Å².